The van der Waals surface area contributed by atoms with E-state index < -0.39 is 0 Å². The van der Waals surface area contributed by atoms with Gasteiger partial charge in [0.05, 0.1) is 5.69 Å². The molecular weight excluding hydrogens is 303 g/mol. The molecule has 0 saturated carbocycles. The fraction of sp³-hybridized carbons (Fsp3) is 0.0909. The summed E-state index contributed by atoms with van der Waals surface area (Å²) in [7, 11) is 0. The van der Waals surface area contributed by atoms with Gasteiger partial charge >= 0.3 is 0 Å². The maximum atomic E-state index is 11.3. The van der Waals surface area contributed by atoms with Gasteiger partial charge in [-0.1, -0.05) is 12.1 Å². The fourth-order valence-electron chi connectivity index (χ4n) is 1.35. The molecule has 3 nitrogen and oxygen atoms in total. The Morgan fingerprint density at radius 1 is 1.27 bits per heavy atom. The monoisotopic (exact) mass is 312 g/mol. The maximum Gasteiger partial charge on any atom is 0.251 e. The van der Waals surface area contributed by atoms with Crippen LogP contribution in [-0.2, 0) is 0 Å². The molecule has 15 heavy (non-hydrogen) atoms. The number of nitrogens with zero attached hydrogens (tertiary/aromatic N) is 1. The van der Waals surface area contributed by atoms with Crippen molar-refractivity contribution < 1.29 is 0 Å². The minimum absolute atomic E-state index is 0.115. The summed E-state index contributed by atoms with van der Waals surface area (Å²) >= 11 is 2.24. The van der Waals surface area contributed by atoms with Gasteiger partial charge < -0.3 is 4.98 Å². The molecule has 1 N–H and O–H groups in total. The average molecular weight is 312 g/mol. The molecule has 1 heterocycles. The lowest BCUT2D eigenvalue weighted by atomic mass is 10.1. The lowest BCUT2D eigenvalue weighted by molar-refractivity contribution is 1.02. The Hall–Kier alpha value is -1.17. The van der Waals surface area contributed by atoms with Crippen molar-refractivity contribution in [1.82, 2.24) is 9.97 Å². The van der Waals surface area contributed by atoms with Crippen molar-refractivity contribution in [3.05, 3.63) is 50.1 Å². The highest BCUT2D eigenvalue weighted by molar-refractivity contribution is 14.1. The molecule has 1 aromatic heterocycles. The van der Waals surface area contributed by atoms with E-state index in [1.54, 1.807) is 6.92 Å². The second kappa shape index (κ2) is 4.14. The SMILES string of the molecule is Cc1nc(-c2ccc(I)cc2)cc(=O)[nH]1. The first-order valence-corrected chi connectivity index (χ1v) is 5.57. The number of hydrogen-bond donors (Lipinski definition) is 1. The van der Waals surface area contributed by atoms with Gasteiger partial charge in [-0.25, -0.2) is 4.98 Å². The van der Waals surface area contributed by atoms with Gasteiger partial charge in [-0.15, -0.1) is 0 Å². The van der Waals surface area contributed by atoms with Crippen LogP contribution in [0.25, 0.3) is 11.3 Å². The summed E-state index contributed by atoms with van der Waals surface area (Å²) in [6.45, 7) is 1.78. The lowest BCUT2D eigenvalue weighted by Crippen LogP contribution is -2.08. The quantitative estimate of drug-likeness (QED) is 0.822. The third kappa shape index (κ3) is 2.44. The van der Waals surface area contributed by atoms with E-state index in [1.807, 2.05) is 24.3 Å². The lowest BCUT2D eigenvalue weighted by Gasteiger charge is -2.01. The van der Waals surface area contributed by atoms with Gasteiger partial charge in [-0.2, -0.15) is 0 Å². The molecule has 1 aromatic carbocycles. The summed E-state index contributed by atoms with van der Waals surface area (Å²) in [5.41, 5.74) is 1.56. The molecule has 0 aliphatic rings. The molecule has 0 aliphatic heterocycles. The first-order valence-electron chi connectivity index (χ1n) is 4.49. The van der Waals surface area contributed by atoms with Crippen LogP contribution in [0.1, 0.15) is 5.82 Å². The predicted octanol–water partition coefficient (Wildman–Crippen LogP) is 2.35. The third-order valence-electron chi connectivity index (χ3n) is 2.00. The Kier molecular flexibility index (Phi) is 2.86. The van der Waals surface area contributed by atoms with Gasteiger partial charge in [0.15, 0.2) is 0 Å². The van der Waals surface area contributed by atoms with Crippen molar-refractivity contribution >= 4 is 22.6 Å². The molecule has 2 rings (SSSR count). The molecule has 76 valence electrons. The van der Waals surface area contributed by atoms with E-state index >= 15 is 0 Å². The van der Waals surface area contributed by atoms with Crippen LogP contribution in [0.15, 0.2) is 35.1 Å². The van der Waals surface area contributed by atoms with E-state index in [0.29, 0.717) is 11.5 Å². The van der Waals surface area contributed by atoms with Gasteiger partial charge in [0, 0.05) is 15.2 Å². The van der Waals surface area contributed by atoms with Crippen LogP contribution < -0.4 is 5.56 Å². The number of aromatic nitrogens is 2. The van der Waals surface area contributed by atoms with Crippen LogP contribution in [0.5, 0.6) is 0 Å². The molecule has 0 radical (unpaired) electrons. The Balaban J connectivity index is 2.54. The molecule has 4 heteroatoms. The van der Waals surface area contributed by atoms with Crippen LogP contribution >= 0.6 is 22.6 Å². The van der Waals surface area contributed by atoms with Gasteiger partial charge in [-0.05, 0) is 41.6 Å². The van der Waals surface area contributed by atoms with Crippen molar-refractivity contribution in [2.75, 3.05) is 0 Å². The molecule has 0 amide bonds. The number of H-pyrrole nitrogens is 1. The molecule has 0 bridgehead atoms. The van der Waals surface area contributed by atoms with Crippen molar-refractivity contribution in [2.45, 2.75) is 6.92 Å². The van der Waals surface area contributed by atoms with Crippen molar-refractivity contribution in [1.29, 1.82) is 0 Å². The van der Waals surface area contributed by atoms with Crippen molar-refractivity contribution in [3.63, 3.8) is 0 Å². The van der Waals surface area contributed by atoms with E-state index in [4.69, 9.17) is 0 Å². The number of halogens is 1. The second-order valence-electron chi connectivity index (χ2n) is 3.22. The van der Waals surface area contributed by atoms with E-state index in [9.17, 15) is 4.79 Å². The smallest absolute Gasteiger partial charge is 0.251 e. The Labute approximate surface area is 101 Å². The molecule has 0 atom stereocenters. The highest BCUT2D eigenvalue weighted by atomic mass is 127. The van der Waals surface area contributed by atoms with Crippen molar-refractivity contribution in [3.8, 4) is 11.3 Å². The molecule has 0 aliphatic carbocycles. The molecule has 0 unspecified atom stereocenters. The number of nitrogens with one attached hydrogen (secondary N) is 1. The van der Waals surface area contributed by atoms with Crippen molar-refractivity contribution in [2.24, 2.45) is 0 Å². The average Bonchev–Trinajstić information content (AvgIpc) is 2.17. The summed E-state index contributed by atoms with van der Waals surface area (Å²) in [6, 6.07) is 9.42. The van der Waals surface area contributed by atoms with Crippen LogP contribution in [-0.4, -0.2) is 9.97 Å². The largest absolute Gasteiger partial charge is 0.311 e. The second-order valence-corrected chi connectivity index (χ2v) is 4.47. The number of aromatic amines is 1. The highest BCUT2D eigenvalue weighted by Gasteiger charge is 2.01. The first-order chi connectivity index (χ1) is 7.15. The Bertz CT molecular complexity index is 531. The molecular formula is C11H9IN2O. The van der Waals surface area contributed by atoms with Crippen LogP contribution in [0, 0.1) is 10.5 Å². The highest BCUT2D eigenvalue weighted by Crippen LogP contribution is 2.16. The minimum Gasteiger partial charge on any atom is -0.311 e. The Morgan fingerprint density at radius 2 is 1.93 bits per heavy atom. The normalized spacial score (nSPS) is 10.3. The minimum atomic E-state index is -0.115. The zero-order chi connectivity index (χ0) is 10.8. The molecule has 2 aromatic rings. The van der Waals surface area contributed by atoms with Crippen LogP contribution in [0.4, 0.5) is 0 Å². The van der Waals surface area contributed by atoms with Crippen LogP contribution in [0.2, 0.25) is 0 Å². The number of aryl methyl sites for hydroxylation is 1. The van der Waals surface area contributed by atoms with Gasteiger partial charge in [0.25, 0.3) is 5.56 Å². The van der Waals surface area contributed by atoms with Gasteiger partial charge in [0.1, 0.15) is 5.82 Å². The first kappa shape index (κ1) is 10.4. The molecule has 0 spiro atoms. The zero-order valence-electron chi connectivity index (χ0n) is 8.12. The standard InChI is InChI=1S/C11H9IN2O/c1-7-13-10(6-11(15)14-7)8-2-4-9(12)5-3-8/h2-6H,1H3,(H,13,14,15). The molecule has 0 saturated heterocycles. The zero-order valence-corrected chi connectivity index (χ0v) is 10.3. The van der Waals surface area contributed by atoms with E-state index in [1.165, 1.54) is 6.07 Å². The summed E-state index contributed by atoms with van der Waals surface area (Å²) in [5.74, 6) is 0.635. The Morgan fingerprint density at radius 3 is 2.53 bits per heavy atom. The van der Waals surface area contributed by atoms with Crippen LogP contribution in [0.3, 0.4) is 0 Å². The van der Waals surface area contributed by atoms with E-state index in [-0.39, 0.29) is 5.56 Å². The number of rotatable bonds is 1. The predicted molar refractivity (Wildman–Crippen MR) is 67.7 cm³/mol. The molecule has 0 fully saturated rings. The van der Waals surface area contributed by atoms with E-state index in [2.05, 4.69) is 32.6 Å². The topological polar surface area (TPSA) is 45.8 Å². The maximum absolute atomic E-state index is 11.3. The summed E-state index contributed by atoms with van der Waals surface area (Å²) < 4.78 is 1.16. The fourth-order valence-corrected chi connectivity index (χ4v) is 1.71. The summed E-state index contributed by atoms with van der Waals surface area (Å²) in [5, 5.41) is 0. The number of hydrogen-bond acceptors (Lipinski definition) is 2. The third-order valence-corrected chi connectivity index (χ3v) is 2.72. The van der Waals surface area contributed by atoms with Gasteiger partial charge in [-0.3, -0.25) is 4.79 Å². The van der Waals surface area contributed by atoms with Gasteiger partial charge in [0.2, 0.25) is 0 Å². The summed E-state index contributed by atoms with van der Waals surface area (Å²) in [4.78, 5) is 18.2. The summed E-state index contributed by atoms with van der Waals surface area (Å²) in [6.07, 6.45) is 0. The number of benzene rings is 1. The van der Waals surface area contributed by atoms with E-state index in [0.717, 1.165) is 9.13 Å².